The van der Waals surface area contributed by atoms with Gasteiger partial charge in [-0.3, -0.25) is 4.68 Å². The number of rotatable bonds is 2. The van der Waals surface area contributed by atoms with Gasteiger partial charge in [0.05, 0.1) is 23.2 Å². The van der Waals surface area contributed by atoms with Crippen molar-refractivity contribution >= 4 is 9.84 Å². The smallest absolute Gasteiger partial charge is 0.152 e. The quantitative estimate of drug-likeness (QED) is 0.734. The van der Waals surface area contributed by atoms with Crippen LogP contribution >= 0.6 is 0 Å². The third-order valence-corrected chi connectivity index (χ3v) is 4.27. The van der Waals surface area contributed by atoms with E-state index in [0.29, 0.717) is 13.0 Å². The first-order chi connectivity index (χ1) is 6.62. The monoisotopic (exact) mass is 215 g/mol. The molecular formula is C8H13N3O2S. The molecule has 2 N–H and O–H groups in total. The summed E-state index contributed by atoms with van der Waals surface area (Å²) < 4.78 is 24.3. The molecule has 1 aliphatic heterocycles. The second-order valence-corrected chi connectivity index (χ2v) is 5.76. The summed E-state index contributed by atoms with van der Waals surface area (Å²) in [6.45, 7) is 0.399. The van der Waals surface area contributed by atoms with E-state index in [-0.39, 0.29) is 17.5 Å². The topological polar surface area (TPSA) is 78.0 Å². The zero-order chi connectivity index (χ0) is 10.2. The van der Waals surface area contributed by atoms with Gasteiger partial charge >= 0.3 is 0 Å². The van der Waals surface area contributed by atoms with Gasteiger partial charge in [0.1, 0.15) is 0 Å². The highest BCUT2D eigenvalue weighted by Crippen LogP contribution is 2.23. The number of sulfone groups is 1. The Morgan fingerprint density at radius 1 is 1.64 bits per heavy atom. The van der Waals surface area contributed by atoms with Crippen molar-refractivity contribution in [3.63, 3.8) is 0 Å². The Kier molecular flexibility index (Phi) is 2.32. The summed E-state index contributed by atoms with van der Waals surface area (Å²) in [4.78, 5) is 0. The number of hydrogen-bond donors (Lipinski definition) is 1. The van der Waals surface area contributed by atoms with Gasteiger partial charge in [-0.1, -0.05) is 0 Å². The van der Waals surface area contributed by atoms with E-state index in [2.05, 4.69) is 5.10 Å². The van der Waals surface area contributed by atoms with Gasteiger partial charge < -0.3 is 5.73 Å². The lowest BCUT2D eigenvalue weighted by molar-refractivity contribution is 0.481. The third-order valence-electron chi connectivity index (χ3n) is 2.52. The molecule has 1 atom stereocenters. The molecular weight excluding hydrogens is 202 g/mol. The van der Waals surface area contributed by atoms with Crippen LogP contribution in [0, 0.1) is 0 Å². The first-order valence-electron chi connectivity index (χ1n) is 4.55. The number of hydrogen-bond acceptors (Lipinski definition) is 4. The second-order valence-electron chi connectivity index (χ2n) is 3.53. The lowest BCUT2D eigenvalue weighted by atomic mass is 10.2. The fourth-order valence-electron chi connectivity index (χ4n) is 1.80. The van der Waals surface area contributed by atoms with E-state index in [1.165, 1.54) is 0 Å². The Hall–Kier alpha value is -0.880. The first kappa shape index (κ1) is 9.67. The van der Waals surface area contributed by atoms with Gasteiger partial charge in [-0.25, -0.2) is 8.42 Å². The summed E-state index contributed by atoms with van der Waals surface area (Å²) in [6, 6.07) is 1.80. The molecule has 1 aromatic heterocycles. The van der Waals surface area contributed by atoms with Crippen molar-refractivity contribution in [1.29, 1.82) is 0 Å². The fourth-order valence-corrected chi connectivity index (χ4v) is 3.49. The zero-order valence-corrected chi connectivity index (χ0v) is 8.57. The average Bonchev–Trinajstić information content (AvgIpc) is 2.70. The maximum Gasteiger partial charge on any atom is 0.152 e. The van der Waals surface area contributed by atoms with Gasteiger partial charge in [-0.05, 0) is 12.5 Å². The van der Waals surface area contributed by atoms with E-state index in [4.69, 9.17) is 5.73 Å². The largest absolute Gasteiger partial charge is 0.325 e. The van der Waals surface area contributed by atoms with Gasteiger partial charge in [0.15, 0.2) is 9.84 Å². The summed E-state index contributed by atoms with van der Waals surface area (Å²) in [7, 11) is -2.85. The van der Waals surface area contributed by atoms with Gasteiger partial charge in [-0.2, -0.15) is 5.10 Å². The van der Waals surface area contributed by atoms with E-state index in [1.54, 1.807) is 10.9 Å². The van der Waals surface area contributed by atoms with Crippen LogP contribution < -0.4 is 5.73 Å². The highest BCUT2D eigenvalue weighted by molar-refractivity contribution is 7.91. The van der Waals surface area contributed by atoms with E-state index in [1.807, 2.05) is 6.07 Å². The second kappa shape index (κ2) is 3.36. The van der Waals surface area contributed by atoms with E-state index in [0.717, 1.165) is 5.69 Å². The summed E-state index contributed by atoms with van der Waals surface area (Å²) in [5.74, 6) is 0.462. The molecule has 0 amide bonds. The molecule has 2 rings (SSSR count). The van der Waals surface area contributed by atoms with Crippen molar-refractivity contribution in [2.45, 2.75) is 19.0 Å². The first-order valence-corrected chi connectivity index (χ1v) is 6.37. The number of nitrogens with zero attached hydrogens (tertiary/aromatic N) is 2. The Morgan fingerprint density at radius 3 is 3.00 bits per heavy atom. The molecule has 6 heteroatoms. The molecule has 1 unspecified atom stereocenters. The van der Waals surface area contributed by atoms with Crippen molar-refractivity contribution in [2.24, 2.45) is 5.73 Å². The molecule has 14 heavy (non-hydrogen) atoms. The van der Waals surface area contributed by atoms with E-state index in [9.17, 15) is 8.42 Å². The molecule has 1 aromatic rings. The lowest BCUT2D eigenvalue weighted by Gasteiger charge is -2.11. The maximum absolute atomic E-state index is 11.3. The molecule has 5 nitrogen and oxygen atoms in total. The van der Waals surface area contributed by atoms with Crippen molar-refractivity contribution in [3.05, 3.63) is 18.0 Å². The summed E-state index contributed by atoms with van der Waals surface area (Å²) in [6.07, 6.45) is 2.31. The summed E-state index contributed by atoms with van der Waals surface area (Å²) in [5, 5.41) is 4.11. The Bertz CT molecular complexity index is 424. The minimum absolute atomic E-state index is 0.0199. The zero-order valence-electron chi connectivity index (χ0n) is 7.76. The summed E-state index contributed by atoms with van der Waals surface area (Å²) in [5.41, 5.74) is 6.42. The fraction of sp³-hybridized carbons (Fsp3) is 0.625. The van der Waals surface area contributed by atoms with Crippen molar-refractivity contribution in [1.82, 2.24) is 9.78 Å². The van der Waals surface area contributed by atoms with E-state index >= 15 is 0 Å². The third kappa shape index (κ3) is 1.67. The number of nitrogens with two attached hydrogens (primary N) is 1. The van der Waals surface area contributed by atoms with Crippen LogP contribution in [-0.2, 0) is 16.4 Å². The molecule has 1 aliphatic rings. The van der Waals surface area contributed by atoms with E-state index < -0.39 is 9.84 Å². The molecule has 2 heterocycles. The molecule has 0 bridgehead atoms. The van der Waals surface area contributed by atoms with Crippen molar-refractivity contribution in [3.8, 4) is 0 Å². The SMILES string of the molecule is NCc1ccnn1C1CCS(=O)(=O)C1. The minimum atomic E-state index is -2.85. The van der Waals surface area contributed by atoms with Crippen LogP contribution in [0.1, 0.15) is 18.2 Å². The molecule has 0 saturated carbocycles. The Labute approximate surface area is 82.8 Å². The molecule has 0 aliphatic carbocycles. The normalized spacial score (nSPS) is 25.4. The van der Waals surface area contributed by atoms with Gasteiger partial charge in [-0.15, -0.1) is 0 Å². The van der Waals surface area contributed by atoms with Crippen LogP contribution in [0.3, 0.4) is 0 Å². The molecule has 0 spiro atoms. The molecule has 0 aromatic carbocycles. The van der Waals surface area contributed by atoms with Crippen LogP contribution in [0.25, 0.3) is 0 Å². The predicted octanol–water partition coefficient (Wildman–Crippen LogP) is -0.299. The Morgan fingerprint density at radius 2 is 2.43 bits per heavy atom. The highest BCUT2D eigenvalue weighted by atomic mass is 32.2. The van der Waals surface area contributed by atoms with Crippen LogP contribution in [-0.4, -0.2) is 29.7 Å². The standard InChI is InChI=1S/C8H13N3O2S/c9-5-7-1-3-10-11(7)8-2-4-14(12,13)6-8/h1,3,8H,2,4-6,9H2. The number of aromatic nitrogens is 2. The van der Waals surface area contributed by atoms with Gasteiger partial charge in [0.25, 0.3) is 0 Å². The van der Waals surface area contributed by atoms with Gasteiger partial charge in [0.2, 0.25) is 0 Å². The van der Waals surface area contributed by atoms with Crippen LogP contribution in [0.2, 0.25) is 0 Å². The average molecular weight is 215 g/mol. The van der Waals surface area contributed by atoms with Crippen LogP contribution in [0.4, 0.5) is 0 Å². The predicted molar refractivity (Wildman–Crippen MR) is 52.4 cm³/mol. The van der Waals surface area contributed by atoms with Crippen LogP contribution in [0.5, 0.6) is 0 Å². The van der Waals surface area contributed by atoms with Crippen molar-refractivity contribution in [2.75, 3.05) is 11.5 Å². The lowest BCUT2D eigenvalue weighted by Crippen LogP contribution is -2.16. The van der Waals surface area contributed by atoms with Crippen LogP contribution in [0.15, 0.2) is 12.3 Å². The Balaban J connectivity index is 2.25. The van der Waals surface area contributed by atoms with Crippen molar-refractivity contribution < 1.29 is 8.42 Å². The summed E-state index contributed by atoms with van der Waals surface area (Å²) >= 11 is 0. The highest BCUT2D eigenvalue weighted by Gasteiger charge is 2.30. The maximum atomic E-state index is 11.3. The molecule has 0 radical (unpaired) electrons. The molecule has 1 saturated heterocycles. The molecule has 1 fully saturated rings. The van der Waals surface area contributed by atoms with Gasteiger partial charge in [0, 0.05) is 12.7 Å². The molecule has 78 valence electrons. The minimum Gasteiger partial charge on any atom is -0.325 e.